The number of aromatic nitrogens is 3. The second kappa shape index (κ2) is 6.81. The largest absolute Gasteiger partial charge is 0.461 e. The van der Waals surface area contributed by atoms with Gasteiger partial charge >= 0.3 is 0 Å². The number of rotatable bonds is 5. The Hall–Kier alpha value is -2.37. The predicted octanol–water partition coefficient (Wildman–Crippen LogP) is 4.05. The molecule has 0 radical (unpaired) electrons. The molecule has 3 aromatic rings. The Bertz CT molecular complexity index is 787. The summed E-state index contributed by atoms with van der Waals surface area (Å²) in [6.45, 7) is 0. The van der Waals surface area contributed by atoms with Crippen LogP contribution in [0, 0.1) is 0 Å². The van der Waals surface area contributed by atoms with E-state index in [0.717, 1.165) is 0 Å². The fraction of sp³-hybridized carbons (Fsp3) is 0.0625. The fourth-order valence-corrected chi connectivity index (χ4v) is 2.22. The van der Waals surface area contributed by atoms with Crippen LogP contribution >= 0.6 is 23.2 Å². The number of hydrogen-bond acceptors (Lipinski definition) is 4. The summed E-state index contributed by atoms with van der Waals surface area (Å²) < 4.78 is 7.13. The molecule has 7 heteroatoms. The average molecular weight is 348 g/mol. The van der Waals surface area contributed by atoms with Crippen LogP contribution in [-0.2, 0) is 0 Å². The maximum Gasteiger partial charge on any atom is 0.256 e. The number of halogens is 2. The number of hydrogen-bond donors (Lipinski definition) is 0. The summed E-state index contributed by atoms with van der Waals surface area (Å²) >= 11 is 11.7. The summed E-state index contributed by atoms with van der Waals surface area (Å²) in [6, 6.07) is 13.3. The van der Waals surface area contributed by atoms with Crippen molar-refractivity contribution in [1.82, 2.24) is 14.8 Å². The summed E-state index contributed by atoms with van der Waals surface area (Å²) in [5, 5.41) is 5.14. The van der Waals surface area contributed by atoms with E-state index in [9.17, 15) is 4.79 Å². The number of Topliss-reactive ketones (excluding diaryl/α,β-unsaturated/α-hetero) is 1. The van der Waals surface area contributed by atoms with Crippen LogP contribution in [0.5, 0.6) is 5.75 Å². The molecule has 0 aliphatic rings. The van der Waals surface area contributed by atoms with E-state index in [1.54, 1.807) is 48.5 Å². The summed E-state index contributed by atoms with van der Waals surface area (Å²) in [6.07, 6.45) is 1.79. The van der Waals surface area contributed by atoms with E-state index in [-0.39, 0.29) is 5.78 Å². The lowest BCUT2D eigenvalue weighted by atomic mass is 10.1. The molecule has 1 aromatic heterocycles. The maximum atomic E-state index is 12.7. The molecule has 116 valence electrons. The van der Waals surface area contributed by atoms with E-state index in [1.807, 2.05) is 0 Å². The van der Waals surface area contributed by atoms with Crippen molar-refractivity contribution in [1.29, 1.82) is 0 Å². The third-order valence-corrected chi connectivity index (χ3v) is 3.60. The molecule has 1 atom stereocenters. The zero-order valence-corrected chi connectivity index (χ0v) is 13.3. The van der Waals surface area contributed by atoms with Gasteiger partial charge in [-0.05, 0) is 48.5 Å². The molecule has 0 N–H and O–H groups in total. The highest BCUT2D eigenvalue weighted by molar-refractivity contribution is 6.30. The third-order valence-electron chi connectivity index (χ3n) is 3.09. The maximum absolute atomic E-state index is 12.7. The molecule has 0 aliphatic carbocycles. The molecule has 2 aromatic carbocycles. The Morgan fingerprint density at radius 1 is 1.00 bits per heavy atom. The highest BCUT2D eigenvalue weighted by Gasteiger charge is 2.24. The van der Waals surface area contributed by atoms with Gasteiger partial charge in [0.05, 0.1) is 0 Å². The molecule has 0 amide bonds. The van der Waals surface area contributed by atoms with Gasteiger partial charge in [-0.3, -0.25) is 4.79 Å². The van der Waals surface area contributed by atoms with Crippen LogP contribution in [0.25, 0.3) is 0 Å². The summed E-state index contributed by atoms with van der Waals surface area (Å²) in [5.74, 6) is 0.235. The van der Waals surface area contributed by atoms with Gasteiger partial charge in [0.15, 0.2) is 0 Å². The Morgan fingerprint density at radius 3 is 2.17 bits per heavy atom. The second-order valence-corrected chi connectivity index (χ2v) is 5.54. The van der Waals surface area contributed by atoms with Crippen molar-refractivity contribution in [3.8, 4) is 5.75 Å². The SMILES string of the molecule is O=C(c1ccc(Cl)cc1)[C@@H](Oc1ccc(Cl)cc1)n1cncn1. The normalized spacial score (nSPS) is 11.9. The molecule has 0 unspecified atom stereocenters. The zero-order valence-electron chi connectivity index (χ0n) is 11.8. The summed E-state index contributed by atoms with van der Waals surface area (Å²) in [7, 11) is 0. The van der Waals surface area contributed by atoms with Crippen molar-refractivity contribution in [2.45, 2.75) is 6.23 Å². The van der Waals surface area contributed by atoms with E-state index in [0.29, 0.717) is 21.4 Å². The van der Waals surface area contributed by atoms with Crippen molar-refractivity contribution in [2.24, 2.45) is 0 Å². The number of ether oxygens (including phenoxy) is 1. The molecule has 0 saturated carbocycles. The van der Waals surface area contributed by atoms with Gasteiger partial charge in [-0.2, -0.15) is 5.10 Å². The van der Waals surface area contributed by atoms with E-state index in [4.69, 9.17) is 27.9 Å². The van der Waals surface area contributed by atoms with Crippen LogP contribution in [0.3, 0.4) is 0 Å². The van der Waals surface area contributed by atoms with Crippen LogP contribution in [0.15, 0.2) is 61.2 Å². The molecule has 3 rings (SSSR count). The summed E-state index contributed by atoms with van der Waals surface area (Å²) in [5.41, 5.74) is 0.462. The van der Waals surface area contributed by atoms with Crippen LogP contribution in [-0.4, -0.2) is 20.5 Å². The number of ketones is 1. The fourth-order valence-electron chi connectivity index (χ4n) is 1.96. The van der Waals surface area contributed by atoms with E-state index < -0.39 is 6.23 Å². The molecule has 0 fully saturated rings. The van der Waals surface area contributed by atoms with Gasteiger partial charge < -0.3 is 4.74 Å². The topological polar surface area (TPSA) is 57.0 Å². The lowest BCUT2D eigenvalue weighted by Gasteiger charge is -2.18. The van der Waals surface area contributed by atoms with Gasteiger partial charge in [0.25, 0.3) is 6.23 Å². The van der Waals surface area contributed by atoms with Gasteiger partial charge in [0.1, 0.15) is 18.4 Å². The highest BCUT2D eigenvalue weighted by atomic mass is 35.5. The van der Waals surface area contributed by atoms with E-state index in [1.165, 1.54) is 17.3 Å². The predicted molar refractivity (Wildman–Crippen MR) is 86.9 cm³/mol. The first-order valence-corrected chi connectivity index (χ1v) is 7.45. The average Bonchev–Trinajstić information content (AvgIpc) is 3.08. The highest BCUT2D eigenvalue weighted by Crippen LogP contribution is 2.23. The van der Waals surface area contributed by atoms with E-state index >= 15 is 0 Å². The minimum Gasteiger partial charge on any atom is -0.461 e. The van der Waals surface area contributed by atoms with Crippen LogP contribution in [0.4, 0.5) is 0 Å². The van der Waals surface area contributed by atoms with Gasteiger partial charge in [-0.1, -0.05) is 23.2 Å². The lowest BCUT2D eigenvalue weighted by Crippen LogP contribution is -2.25. The number of nitrogens with zero attached hydrogens (tertiary/aromatic N) is 3. The minimum absolute atomic E-state index is 0.262. The van der Waals surface area contributed by atoms with Crippen LogP contribution < -0.4 is 4.74 Å². The molecule has 0 spiro atoms. The minimum atomic E-state index is -0.972. The molecule has 0 aliphatic heterocycles. The van der Waals surface area contributed by atoms with Gasteiger partial charge in [-0.15, -0.1) is 0 Å². The van der Waals surface area contributed by atoms with Crippen LogP contribution in [0.2, 0.25) is 10.0 Å². The third kappa shape index (κ3) is 3.70. The monoisotopic (exact) mass is 347 g/mol. The smallest absolute Gasteiger partial charge is 0.256 e. The quantitative estimate of drug-likeness (QED) is 0.653. The van der Waals surface area contributed by atoms with Crippen molar-refractivity contribution in [3.63, 3.8) is 0 Å². The Balaban J connectivity index is 1.91. The number of carbonyl (C=O) groups excluding carboxylic acids is 1. The number of benzene rings is 2. The molecule has 0 bridgehead atoms. The van der Waals surface area contributed by atoms with Gasteiger partial charge in [0, 0.05) is 15.6 Å². The van der Waals surface area contributed by atoms with Crippen molar-refractivity contribution >= 4 is 29.0 Å². The Kier molecular flexibility index (Phi) is 4.60. The first-order valence-electron chi connectivity index (χ1n) is 6.69. The molecule has 1 heterocycles. The first-order chi connectivity index (χ1) is 11.1. The molecule has 5 nitrogen and oxygen atoms in total. The first kappa shape index (κ1) is 15.5. The Morgan fingerprint density at radius 2 is 1.61 bits per heavy atom. The van der Waals surface area contributed by atoms with Gasteiger partial charge in [-0.25, -0.2) is 9.67 Å². The standard InChI is InChI=1S/C16H11Cl2N3O2/c17-12-3-1-11(2-4-12)15(22)16(21-10-19-9-20-21)23-14-7-5-13(18)6-8-14/h1-10,16H/t16-/m1/s1. The summed E-state index contributed by atoms with van der Waals surface area (Å²) in [4.78, 5) is 16.6. The van der Waals surface area contributed by atoms with Crippen molar-refractivity contribution < 1.29 is 9.53 Å². The molecular formula is C16H11Cl2N3O2. The molecule has 0 saturated heterocycles. The second-order valence-electron chi connectivity index (χ2n) is 4.67. The zero-order chi connectivity index (χ0) is 16.2. The molecule has 23 heavy (non-hydrogen) atoms. The number of carbonyl (C=O) groups is 1. The lowest BCUT2D eigenvalue weighted by molar-refractivity contribution is 0.0619. The Labute approximate surface area is 142 Å². The molecular weight excluding hydrogens is 337 g/mol. The van der Waals surface area contributed by atoms with Crippen molar-refractivity contribution in [2.75, 3.05) is 0 Å². The van der Waals surface area contributed by atoms with E-state index in [2.05, 4.69) is 10.1 Å². The van der Waals surface area contributed by atoms with Crippen molar-refractivity contribution in [3.05, 3.63) is 76.8 Å². The van der Waals surface area contributed by atoms with Gasteiger partial charge in [0.2, 0.25) is 5.78 Å². The van der Waals surface area contributed by atoms with Crippen LogP contribution in [0.1, 0.15) is 16.6 Å².